The van der Waals surface area contributed by atoms with Crippen molar-refractivity contribution in [2.24, 2.45) is 0 Å². The van der Waals surface area contributed by atoms with E-state index in [-0.39, 0.29) is 0 Å². The molecule has 0 fully saturated rings. The Hall–Kier alpha value is -5.78. The molecule has 10 rings (SSSR count). The Morgan fingerprint density at radius 3 is 1.72 bits per heavy atom. The summed E-state index contributed by atoms with van der Waals surface area (Å²) in [6.45, 7) is 4.89. The van der Waals surface area contributed by atoms with E-state index in [1.807, 2.05) is 0 Å². The van der Waals surface area contributed by atoms with Crippen molar-refractivity contribution in [3.05, 3.63) is 146 Å². The summed E-state index contributed by atoms with van der Waals surface area (Å²) in [6, 6.07) is 52.3. The van der Waals surface area contributed by atoms with Crippen LogP contribution in [0.3, 0.4) is 0 Å². The van der Waals surface area contributed by atoms with Gasteiger partial charge in [0.15, 0.2) is 5.82 Å². The van der Waals surface area contributed by atoms with Gasteiger partial charge in [-0.2, -0.15) is 0 Å². The summed E-state index contributed by atoms with van der Waals surface area (Å²) in [6.07, 6.45) is 0. The maximum atomic E-state index is 5.58. The molecule has 1 aliphatic heterocycles. The van der Waals surface area contributed by atoms with E-state index in [1.165, 1.54) is 54.0 Å². The Labute approximate surface area is 273 Å². The van der Waals surface area contributed by atoms with Crippen LogP contribution in [-0.4, -0.2) is 27.2 Å². The minimum atomic E-state index is -2.15. The highest BCUT2D eigenvalue weighted by atomic mass is 28.3. The number of rotatable bonds is 3. The largest absolute Gasteiger partial charge is 0.309 e. The van der Waals surface area contributed by atoms with Crippen LogP contribution in [0.1, 0.15) is 0 Å². The summed E-state index contributed by atoms with van der Waals surface area (Å²) >= 11 is 0. The molecule has 0 spiro atoms. The first-order chi connectivity index (χ1) is 23.1. The highest BCUT2D eigenvalue weighted by molar-refractivity contribution is 7.04. The van der Waals surface area contributed by atoms with Crippen LogP contribution >= 0.6 is 0 Å². The Morgan fingerprint density at radius 2 is 1.04 bits per heavy atom. The lowest BCUT2D eigenvalue weighted by atomic mass is 10.1. The molecule has 4 heterocycles. The van der Waals surface area contributed by atoms with E-state index in [1.54, 1.807) is 0 Å². The van der Waals surface area contributed by atoms with Crippen LogP contribution in [0.2, 0.25) is 13.1 Å². The Kier molecular flexibility index (Phi) is 5.41. The van der Waals surface area contributed by atoms with Gasteiger partial charge in [0.2, 0.25) is 0 Å². The van der Waals surface area contributed by atoms with Gasteiger partial charge in [-0.3, -0.25) is 4.57 Å². The molecule has 0 atom stereocenters. The fourth-order valence-electron chi connectivity index (χ4n) is 8.00. The van der Waals surface area contributed by atoms with Crippen molar-refractivity contribution in [2.45, 2.75) is 13.1 Å². The van der Waals surface area contributed by atoms with Crippen molar-refractivity contribution in [3.63, 3.8) is 0 Å². The molecule has 6 aromatic carbocycles. The van der Waals surface area contributed by atoms with Crippen LogP contribution in [0.25, 0.3) is 77.8 Å². The number of nitrogens with zero attached hydrogens (tertiary/aromatic N) is 4. The minimum Gasteiger partial charge on any atom is -0.309 e. The highest BCUT2D eigenvalue weighted by Gasteiger charge is 2.42. The molecule has 0 saturated carbocycles. The molecule has 0 bridgehead atoms. The average molecular weight is 619 g/mol. The second-order valence-electron chi connectivity index (χ2n) is 13.1. The quantitative estimate of drug-likeness (QED) is 0.185. The smallest absolute Gasteiger partial charge is 0.162 e. The Morgan fingerprint density at radius 1 is 0.489 bits per heavy atom. The second-order valence-corrected chi connectivity index (χ2v) is 17.3. The molecule has 0 aliphatic carbocycles. The summed E-state index contributed by atoms with van der Waals surface area (Å²) < 4.78 is 4.76. The number of fused-ring (bicyclic) bond motifs is 9. The van der Waals surface area contributed by atoms with Gasteiger partial charge in [-0.1, -0.05) is 122 Å². The van der Waals surface area contributed by atoms with E-state index >= 15 is 0 Å². The predicted octanol–water partition coefficient (Wildman–Crippen LogP) is 9.14. The molecular weight excluding hydrogens is 589 g/mol. The van der Waals surface area contributed by atoms with Crippen LogP contribution in [0.5, 0.6) is 0 Å². The van der Waals surface area contributed by atoms with Crippen molar-refractivity contribution in [3.8, 4) is 34.2 Å². The van der Waals surface area contributed by atoms with Gasteiger partial charge in [-0.25, -0.2) is 9.97 Å². The van der Waals surface area contributed by atoms with E-state index in [9.17, 15) is 0 Å². The molecule has 0 amide bonds. The Bertz CT molecular complexity index is 2660. The third-order valence-corrected chi connectivity index (χ3v) is 13.6. The van der Waals surface area contributed by atoms with E-state index < -0.39 is 8.07 Å². The number of benzene rings is 6. The molecule has 47 heavy (non-hydrogen) atoms. The molecule has 222 valence electrons. The van der Waals surface area contributed by atoms with Crippen molar-refractivity contribution in [1.82, 2.24) is 19.1 Å². The lowest BCUT2D eigenvalue weighted by Crippen LogP contribution is -2.51. The predicted molar refractivity (Wildman–Crippen MR) is 198 cm³/mol. The first kappa shape index (κ1) is 26.4. The molecule has 0 saturated heterocycles. The molecular formula is C42H30N4Si. The maximum absolute atomic E-state index is 5.58. The summed E-state index contributed by atoms with van der Waals surface area (Å²) in [5.41, 5.74) is 9.12. The van der Waals surface area contributed by atoms with Gasteiger partial charge in [0.1, 0.15) is 13.9 Å². The van der Waals surface area contributed by atoms with Crippen molar-refractivity contribution in [2.75, 3.05) is 0 Å². The van der Waals surface area contributed by atoms with Gasteiger partial charge in [0.25, 0.3) is 0 Å². The topological polar surface area (TPSA) is 35.6 Å². The first-order valence-corrected chi connectivity index (χ1v) is 19.2. The van der Waals surface area contributed by atoms with Gasteiger partial charge >= 0.3 is 0 Å². The molecule has 0 N–H and O–H groups in total. The van der Waals surface area contributed by atoms with Gasteiger partial charge in [0.05, 0.1) is 27.8 Å². The van der Waals surface area contributed by atoms with Crippen molar-refractivity contribution >= 4 is 62.1 Å². The summed E-state index contributed by atoms with van der Waals surface area (Å²) in [4.78, 5) is 11.0. The summed E-state index contributed by atoms with van der Waals surface area (Å²) in [5.74, 6) is 1.74. The zero-order valence-electron chi connectivity index (χ0n) is 26.1. The molecule has 0 unspecified atom stereocenters. The van der Waals surface area contributed by atoms with Crippen LogP contribution < -0.4 is 10.4 Å². The van der Waals surface area contributed by atoms with Crippen molar-refractivity contribution < 1.29 is 0 Å². The fraction of sp³-hybridized carbons (Fsp3) is 0.0476. The summed E-state index contributed by atoms with van der Waals surface area (Å²) in [7, 11) is -2.15. The van der Waals surface area contributed by atoms with Gasteiger partial charge in [-0.05, 0) is 47.1 Å². The van der Waals surface area contributed by atoms with E-state index in [0.29, 0.717) is 0 Å². The Balaban J connectivity index is 1.32. The van der Waals surface area contributed by atoms with Crippen LogP contribution in [0.15, 0.2) is 146 Å². The highest BCUT2D eigenvalue weighted by Crippen LogP contribution is 2.38. The van der Waals surface area contributed by atoms with Gasteiger partial charge in [0, 0.05) is 38.0 Å². The molecule has 5 heteroatoms. The van der Waals surface area contributed by atoms with Crippen LogP contribution in [0.4, 0.5) is 0 Å². The van der Waals surface area contributed by atoms with Gasteiger partial charge < -0.3 is 4.57 Å². The second kappa shape index (κ2) is 9.61. The SMILES string of the molecule is C[Si]1(C)c2ccccc2-c2nc(-c3ccc4c5ccccc5n(-c5ccccc5)c4c3)nc(-n3c4ccccc4c4ccccc43)c21. The van der Waals surface area contributed by atoms with E-state index in [2.05, 4.69) is 168 Å². The van der Waals surface area contributed by atoms with Crippen molar-refractivity contribution in [1.29, 1.82) is 0 Å². The normalized spacial score (nSPS) is 13.5. The zero-order valence-corrected chi connectivity index (χ0v) is 27.1. The number of hydrogen-bond donors (Lipinski definition) is 0. The maximum Gasteiger partial charge on any atom is 0.162 e. The molecule has 3 aromatic heterocycles. The summed E-state index contributed by atoms with van der Waals surface area (Å²) in [5, 5.41) is 7.65. The lowest BCUT2D eigenvalue weighted by molar-refractivity contribution is 1.06. The van der Waals surface area contributed by atoms with Crippen LogP contribution in [-0.2, 0) is 0 Å². The molecule has 9 aromatic rings. The lowest BCUT2D eigenvalue weighted by Gasteiger charge is -2.22. The molecule has 4 nitrogen and oxygen atoms in total. The molecule has 0 radical (unpaired) electrons. The van der Waals surface area contributed by atoms with E-state index in [4.69, 9.17) is 9.97 Å². The monoisotopic (exact) mass is 618 g/mol. The van der Waals surface area contributed by atoms with Crippen LogP contribution in [0, 0.1) is 0 Å². The number of hydrogen-bond acceptors (Lipinski definition) is 2. The van der Waals surface area contributed by atoms with Gasteiger partial charge in [-0.15, -0.1) is 0 Å². The first-order valence-electron chi connectivity index (χ1n) is 16.2. The average Bonchev–Trinajstić information content (AvgIpc) is 3.72. The number of aromatic nitrogens is 4. The third kappa shape index (κ3) is 3.63. The fourth-order valence-corrected chi connectivity index (χ4v) is 11.2. The zero-order chi connectivity index (χ0) is 31.3. The standard InChI is InChI=1S/C42H30N4Si/c1-47(2)38-23-13-9-19-33(38)39-40(47)42(46-35-21-11-7-16-29(35)30-17-8-12-22-36(30)46)44-41(43-39)27-24-25-32-31-18-6-10-20-34(31)45(37(32)26-27)28-14-4-3-5-15-28/h3-26H,1-2H3. The minimum absolute atomic E-state index is 0.744. The van der Waals surface area contributed by atoms with E-state index in [0.717, 1.165) is 34.1 Å². The molecule has 1 aliphatic rings. The third-order valence-electron chi connectivity index (χ3n) is 10.1. The number of para-hydroxylation sites is 4.